The summed E-state index contributed by atoms with van der Waals surface area (Å²) in [4.78, 5) is 31.3. The molecule has 1 aromatic rings. The van der Waals surface area contributed by atoms with Gasteiger partial charge in [0.25, 0.3) is 0 Å². The van der Waals surface area contributed by atoms with Crippen LogP contribution in [0.25, 0.3) is 0 Å². The highest BCUT2D eigenvalue weighted by Crippen LogP contribution is 2.21. The summed E-state index contributed by atoms with van der Waals surface area (Å²) in [5.74, 6) is 0.205. The van der Waals surface area contributed by atoms with Crippen molar-refractivity contribution >= 4 is 11.9 Å². The van der Waals surface area contributed by atoms with Crippen LogP contribution in [0.5, 0.6) is 0 Å². The topological polar surface area (TPSA) is 65.1 Å². The van der Waals surface area contributed by atoms with Crippen molar-refractivity contribution in [1.82, 2.24) is 20.0 Å². The summed E-state index contributed by atoms with van der Waals surface area (Å²) in [5, 5.41) is 3.03. The zero-order valence-electron chi connectivity index (χ0n) is 20.0. The molecule has 0 unspecified atom stereocenters. The van der Waals surface area contributed by atoms with Crippen molar-refractivity contribution in [3.63, 3.8) is 0 Å². The van der Waals surface area contributed by atoms with Crippen molar-refractivity contribution in [2.45, 2.75) is 71.2 Å². The molecule has 7 heteroatoms. The summed E-state index contributed by atoms with van der Waals surface area (Å²) in [6, 6.07) is 8.50. The van der Waals surface area contributed by atoms with Gasteiger partial charge in [0.15, 0.2) is 0 Å². The van der Waals surface area contributed by atoms with Crippen molar-refractivity contribution in [3.8, 4) is 0 Å². The van der Waals surface area contributed by atoms with E-state index in [0.29, 0.717) is 38.8 Å². The van der Waals surface area contributed by atoms with Crippen LogP contribution in [0, 0.1) is 0 Å². The summed E-state index contributed by atoms with van der Waals surface area (Å²) in [7, 11) is 1.95. The average molecular weight is 445 g/mol. The minimum absolute atomic E-state index is 0.0425. The number of hydrogen-bond donors (Lipinski definition) is 1. The minimum atomic E-state index is -0.0425. The van der Waals surface area contributed by atoms with E-state index in [1.165, 1.54) is 19.3 Å². The Kier molecular flexibility index (Phi) is 9.36. The number of nitrogens with one attached hydrogen (secondary N) is 1. The Morgan fingerprint density at radius 3 is 2.47 bits per heavy atom. The number of piperazine rings is 1. The second kappa shape index (κ2) is 12.2. The van der Waals surface area contributed by atoms with Gasteiger partial charge in [0, 0.05) is 45.8 Å². The molecule has 0 bridgehead atoms. The summed E-state index contributed by atoms with van der Waals surface area (Å²) in [5.41, 5.74) is 2.18. The molecule has 1 saturated heterocycles. The molecule has 7 nitrogen and oxygen atoms in total. The van der Waals surface area contributed by atoms with E-state index in [2.05, 4.69) is 16.3 Å². The summed E-state index contributed by atoms with van der Waals surface area (Å²) in [6.45, 7) is 8.34. The van der Waals surface area contributed by atoms with Crippen LogP contribution in [0.1, 0.15) is 57.1 Å². The van der Waals surface area contributed by atoms with Crippen LogP contribution >= 0.6 is 0 Å². The van der Waals surface area contributed by atoms with Gasteiger partial charge in [-0.15, -0.1) is 0 Å². The number of likely N-dealkylation sites (N-methyl/N-ethyl adjacent to an activating group) is 1. The van der Waals surface area contributed by atoms with Gasteiger partial charge in [0.2, 0.25) is 5.91 Å². The first-order valence-corrected chi connectivity index (χ1v) is 12.1. The molecule has 0 atom stereocenters. The van der Waals surface area contributed by atoms with Crippen molar-refractivity contribution < 1.29 is 14.3 Å². The first-order chi connectivity index (χ1) is 15.4. The molecule has 1 heterocycles. The number of benzene rings is 1. The van der Waals surface area contributed by atoms with E-state index >= 15 is 0 Å². The van der Waals surface area contributed by atoms with Crippen LogP contribution in [0.15, 0.2) is 24.3 Å². The largest absolute Gasteiger partial charge is 0.374 e. The van der Waals surface area contributed by atoms with Gasteiger partial charge in [-0.3, -0.25) is 9.69 Å². The van der Waals surface area contributed by atoms with Gasteiger partial charge >= 0.3 is 6.03 Å². The Morgan fingerprint density at radius 1 is 1.09 bits per heavy atom. The smallest absolute Gasteiger partial charge is 0.317 e. The number of urea groups is 1. The van der Waals surface area contributed by atoms with E-state index in [0.717, 1.165) is 37.1 Å². The van der Waals surface area contributed by atoms with E-state index in [1.54, 1.807) is 0 Å². The highest BCUT2D eigenvalue weighted by molar-refractivity contribution is 5.78. The summed E-state index contributed by atoms with van der Waals surface area (Å²) in [6.07, 6.45) is 6.20. The van der Waals surface area contributed by atoms with Gasteiger partial charge in [-0.1, -0.05) is 43.5 Å². The second-order valence-corrected chi connectivity index (χ2v) is 9.40. The van der Waals surface area contributed by atoms with Crippen molar-refractivity contribution in [2.24, 2.45) is 0 Å². The molecule has 2 aliphatic rings. The Morgan fingerprint density at radius 2 is 1.78 bits per heavy atom. The fourth-order valence-corrected chi connectivity index (χ4v) is 4.47. The third-order valence-electron chi connectivity index (χ3n) is 6.55. The fraction of sp³-hybridized carbons (Fsp3) is 0.680. The normalized spacial score (nSPS) is 18.1. The monoisotopic (exact) mass is 444 g/mol. The first kappa shape index (κ1) is 24.5. The molecule has 1 aromatic carbocycles. The number of ether oxygens (including phenoxy) is 1. The van der Waals surface area contributed by atoms with Gasteiger partial charge in [0.05, 0.1) is 19.3 Å². The lowest BCUT2D eigenvalue weighted by atomic mass is 9.94. The van der Waals surface area contributed by atoms with Gasteiger partial charge in [-0.05, 0) is 37.8 Å². The first-order valence-electron chi connectivity index (χ1n) is 12.1. The quantitative estimate of drug-likeness (QED) is 0.669. The zero-order chi connectivity index (χ0) is 22.9. The number of amides is 3. The second-order valence-electron chi connectivity index (χ2n) is 9.40. The molecule has 0 radical (unpaired) electrons. The van der Waals surface area contributed by atoms with Crippen molar-refractivity contribution in [2.75, 3.05) is 39.8 Å². The lowest BCUT2D eigenvalue weighted by Gasteiger charge is -2.36. The molecule has 1 aliphatic heterocycles. The van der Waals surface area contributed by atoms with Crippen LogP contribution in [0.3, 0.4) is 0 Å². The molecule has 3 rings (SSSR count). The number of hydrogen-bond acceptors (Lipinski definition) is 4. The van der Waals surface area contributed by atoms with E-state index in [1.807, 2.05) is 48.9 Å². The molecule has 0 aromatic heterocycles. The van der Waals surface area contributed by atoms with E-state index in [-0.39, 0.29) is 18.0 Å². The lowest BCUT2D eigenvalue weighted by Crippen LogP contribution is -2.54. The molecular weight excluding hydrogens is 404 g/mol. The predicted molar refractivity (Wildman–Crippen MR) is 126 cm³/mol. The third-order valence-corrected chi connectivity index (χ3v) is 6.55. The molecule has 3 amide bonds. The number of carbonyl (C=O) groups excluding carboxylic acids is 2. The zero-order valence-corrected chi connectivity index (χ0v) is 20.0. The van der Waals surface area contributed by atoms with Crippen LogP contribution < -0.4 is 5.32 Å². The predicted octanol–water partition coefficient (Wildman–Crippen LogP) is 3.23. The Labute approximate surface area is 193 Å². The molecule has 0 spiro atoms. The maximum Gasteiger partial charge on any atom is 0.317 e. The van der Waals surface area contributed by atoms with E-state index in [9.17, 15) is 9.59 Å². The van der Waals surface area contributed by atoms with E-state index < -0.39 is 0 Å². The average Bonchev–Trinajstić information content (AvgIpc) is 2.82. The molecule has 1 saturated carbocycles. The Bertz CT molecular complexity index is 740. The molecule has 1 aliphatic carbocycles. The van der Waals surface area contributed by atoms with Gasteiger partial charge in [-0.2, -0.15) is 0 Å². The number of rotatable bonds is 8. The van der Waals surface area contributed by atoms with Gasteiger partial charge in [0.1, 0.15) is 0 Å². The fourth-order valence-electron chi connectivity index (χ4n) is 4.47. The standard InChI is InChI=1S/C25H40N4O3/c1-20(2)32-19-22-9-7-8-21(16-22)17-26-25(31)29-14-12-28(13-15-29)18-24(30)27(3)23-10-5-4-6-11-23/h7-9,16,20,23H,4-6,10-15,17-19H2,1-3H3,(H,26,31). The molecular formula is C25H40N4O3. The van der Waals surface area contributed by atoms with Crippen molar-refractivity contribution in [3.05, 3.63) is 35.4 Å². The highest BCUT2D eigenvalue weighted by atomic mass is 16.5. The maximum atomic E-state index is 12.7. The number of carbonyl (C=O) groups is 2. The summed E-state index contributed by atoms with van der Waals surface area (Å²) >= 11 is 0. The highest BCUT2D eigenvalue weighted by Gasteiger charge is 2.26. The van der Waals surface area contributed by atoms with Gasteiger partial charge < -0.3 is 19.9 Å². The van der Waals surface area contributed by atoms with Crippen LogP contribution in [0.4, 0.5) is 4.79 Å². The number of nitrogens with zero attached hydrogens (tertiary/aromatic N) is 3. The third kappa shape index (κ3) is 7.48. The van der Waals surface area contributed by atoms with Crippen molar-refractivity contribution in [1.29, 1.82) is 0 Å². The van der Waals surface area contributed by atoms with Crippen LogP contribution in [0.2, 0.25) is 0 Å². The Hall–Kier alpha value is -2.12. The molecule has 178 valence electrons. The lowest BCUT2D eigenvalue weighted by molar-refractivity contribution is -0.134. The van der Waals surface area contributed by atoms with Crippen LogP contribution in [-0.4, -0.2) is 78.6 Å². The SMILES string of the molecule is CC(C)OCc1cccc(CNC(=O)N2CCN(CC(=O)N(C)C3CCCCC3)CC2)c1. The Balaban J connectivity index is 1.38. The molecule has 32 heavy (non-hydrogen) atoms. The minimum Gasteiger partial charge on any atom is -0.374 e. The maximum absolute atomic E-state index is 12.7. The van der Waals surface area contributed by atoms with E-state index in [4.69, 9.17) is 4.74 Å². The summed E-state index contributed by atoms with van der Waals surface area (Å²) < 4.78 is 5.66. The van der Waals surface area contributed by atoms with Crippen LogP contribution in [-0.2, 0) is 22.7 Å². The van der Waals surface area contributed by atoms with Gasteiger partial charge in [-0.25, -0.2) is 4.79 Å². The molecule has 2 fully saturated rings. The molecule has 1 N–H and O–H groups in total.